The summed E-state index contributed by atoms with van der Waals surface area (Å²) in [4.78, 5) is 8.74. The van der Waals surface area contributed by atoms with E-state index in [1.165, 1.54) is 0 Å². The summed E-state index contributed by atoms with van der Waals surface area (Å²) in [5.74, 6) is -0.470. The van der Waals surface area contributed by atoms with Gasteiger partial charge in [-0.2, -0.15) is 4.98 Å². The zero-order chi connectivity index (χ0) is 18.4. The average molecular weight is 356 g/mol. The first-order chi connectivity index (χ1) is 12.7. The van der Waals surface area contributed by atoms with Crippen molar-refractivity contribution in [2.45, 2.75) is 6.42 Å². The van der Waals surface area contributed by atoms with Gasteiger partial charge in [0.2, 0.25) is 5.95 Å². The van der Waals surface area contributed by atoms with Crippen LogP contribution in [-0.4, -0.2) is 28.2 Å². The van der Waals surface area contributed by atoms with Crippen molar-refractivity contribution in [1.29, 1.82) is 0 Å². The van der Waals surface area contributed by atoms with E-state index >= 15 is 0 Å². The highest BCUT2D eigenvalue weighted by atomic mass is 19.1. The van der Waals surface area contributed by atoms with Crippen LogP contribution in [0.1, 0.15) is 6.42 Å². The van der Waals surface area contributed by atoms with E-state index in [4.69, 9.17) is 5.11 Å². The fourth-order valence-electron chi connectivity index (χ4n) is 2.36. The summed E-state index contributed by atoms with van der Waals surface area (Å²) in [5.41, 5.74) is 1.48. The third-order valence-electron chi connectivity index (χ3n) is 3.60. The Kier molecular flexibility index (Phi) is 5.70. The van der Waals surface area contributed by atoms with E-state index in [1.54, 1.807) is 6.07 Å². The quantitative estimate of drug-likeness (QED) is 0.559. The third kappa shape index (κ3) is 4.52. The smallest absolute Gasteiger partial charge is 0.225 e. The number of nitrogens with one attached hydrogen (secondary N) is 2. The fraction of sp³-hybridized carbons (Fsp3) is 0.158. The number of aliphatic hydroxyl groups excluding tert-OH is 1. The Balaban J connectivity index is 1.95. The van der Waals surface area contributed by atoms with Gasteiger partial charge in [-0.1, -0.05) is 30.3 Å². The molecule has 0 amide bonds. The van der Waals surface area contributed by atoms with Crippen LogP contribution in [0.4, 0.5) is 26.2 Å². The lowest BCUT2D eigenvalue weighted by Crippen LogP contribution is -2.09. The molecule has 2 aromatic carbocycles. The van der Waals surface area contributed by atoms with Crippen molar-refractivity contribution in [2.24, 2.45) is 0 Å². The number of aromatic nitrogens is 2. The fourth-order valence-corrected chi connectivity index (χ4v) is 2.36. The van der Waals surface area contributed by atoms with Crippen molar-refractivity contribution < 1.29 is 13.9 Å². The summed E-state index contributed by atoms with van der Waals surface area (Å²) in [6.07, 6.45) is 0.542. The Morgan fingerprint density at radius 2 is 1.77 bits per heavy atom. The lowest BCUT2D eigenvalue weighted by Gasteiger charge is -2.12. The van der Waals surface area contributed by atoms with Gasteiger partial charge in [-0.25, -0.2) is 13.8 Å². The van der Waals surface area contributed by atoms with Gasteiger partial charge < -0.3 is 15.7 Å². The van der Waals surface area contributed by atoms with Crippen molar-refractivity contribution in [3.8, 4) is 11.3 Å². The van der Waals surface area contributed by atoms with Gasteiger partial charge in [-0.15, -0.1) is 0 Å². The summed E-state index contributed by atoms with van der Waals surface area (Å²) < 4.78 is 27.3. The Bertz CT molecular complexity index is 875. The van der Waals surface area contributed by atoms with Crippen LogP contribution in [0.3, 0.4) is 0 Å². The first-order valence-corrected chi connectivity index (χ1v) is 8.17. The SMILES string of the molecule is OCCCNc1nc(Nc2cc(F)ccc2F)cc(-c2ccccc2)n1. The van der Waals surface area contributed by atoms with Crippen LogP contribution in [0, 0.1) is 11.6 Å². The maximum atomic E-state index is 13.9. The highest BCUT2D eigenvalue weighted by Gasteiger charge is 2.10. The highest BCUT2D eigenvalue weighted by molar-refractivity contribution is 5.67. The van der Waals surface area contributed by atoms with E-state index < -0.39 is 11.6 Å². The van der Waals surface area contributed by atoms with E-state index in [0.717, 1.165) is 23.8 Å². The van der Waals surface area contributed by atoms with Crippen molar-refractivity contribution in [3.63, 3.8) is 0 Å². The van der Waals surface area contributed by atoms with E-state index in [1.807, 2.05) is 30.3 Å². The lowest BCUT2D eigenvalue weighted by molar-refractivity contribution is 0.292. The van der Waals surface area contributed by atoms with Crippen LogP contribution in [0.5, 0.6) is 0 Å². The van der Waals surface area contributed by atoms with Gasteiger partial charge >= 0.3 is 0 Å². The first kappa shape index (κ1) is 17.8. The standard InChI is InChI=1S/C19H18F2N4O/c20-14-7-8-15(21)17(11-14)23-18-12-16(13-5-2-1-3-6-13)24-19(25-18)22-9-4-10-26/h1-3,5-8,11-12,26H,4,9-10H2,(H2,22,23,24,25). The first-order valence-electron chi connectivity index (χ1n) is 8.17. The molecule has 0 unspecified atom stereocenters. The van der Waals surface area contributed by atoms with Crippen molar-refractivity contribution in [2.75, 3.05) is 23.8 Å². The molecule has 0 spiro atoms. The minimum atomic E-state index is -0.582. The minimum Gasteiger partial charge on any atom is -0.396 e. The zero-order valence-corrected chi connectivity index (χ0v) is 13.9. The number of hydrogen-bond acceptors (Lipinski definition) is 5. The number of rotatable bonds is 7. The molecule has 0 fully saturated rings. The van der Waals surface area contributed by atoms with Gasteiger partial charge in [0.05, 0.1) is 11.4 Å². The molecule has 7 heteroatoms. The molecule has 0 aliphatic heterocycles. The number of anilines is 3. The average Bonchev–Trinajstić information content (AvgIpc) is 2.65. The van der Waals surface area contributed by atoms with Crippen molar-refractivity contribution >= 4 is 17.5 Å². The van der Waals surface area contributed by atoms with Crippen LogP contribution >= 0.6 is 0 Å². The van der Waals surface area contributed by atoms with Crippen LogP contribution < -0.4 is 10.6 Å². The second-order valence-electron chi connectivity index (χ2n) is 5.58. The van der Waals surface area contributed by atoms with E-state index in [9.17, 15) is 8.78 Å². The van der Waals surface area contributed by atoms with Crippen LogP contribution in [-0.2, 0) is 0 Å². The molecule has 5 nitrogen and oxygen atoms in total. The summed E-state index contributed by atoms with van der Waals surface area (Å²) in [6.45, 7) is 0.535. The van der Waals surface area contributed by atoms with E-state index in [0.29, 0.717) is 30.4 Å². The van der Waals surface area contributed by atoms with Crippen molar-refractivity contribution in [1.82, 2.24) is 9.97 Å². The van der Waals surface area contributed by atoms with Crippen LogP contribution in [0.25, 0.3) is 11.3 Å². The van der Waals surface area contributed by atoms with Gasteiger partial charge in [-0.05, 0) is 18.6 Å². The van der Waals surface area contributed by atoms with Gasteiger partial charge in [0.25, 0.3) is 0 Å². The summed E-state index contributed by atoms with van der Waals surface area (Å²) in [5, 5.41) is 14.7. The largest absolute Gasteiger partial charge is 0.396 e. The second kappa shape index (κ2) is 8.35. The summed E-state index contributed by atoms with van der Waals surface area (Å²) in [7, 11) is 0. The molecule has 0 atom stereocenters. The van der Waals surface area contributed by atoms with E-state index in [2.05, 4.69) is 20.6 Å². The molecule has 134 valence electrons. The second-order valence-corrected chi connectivity index (χ2v) is 5.58. The Hall–Kier alpha value is -3.06. The number of aliphatic hydroxyl groups is 1. The molecule has 0 radical (unpaired) electrons. The summed E-state index contributed by atoms with van der Waals surface area (Å²) in [6, 6.07) is 14.3. The topological polar surface area (TPSA) is 70.1 Å². The predicted molar refractivity (Wildman–Crippen MR) is 97.3 cm³/mol. The molecular formula is C19H18F2N4O. The van der Waals surface area contributed by atoms with Crippen LogP contribution in [0.2, 0.25) is 0 Å². The van der Waals surface area contributed by atoms with Gasteiger partial charge in [0, 0.05) is 30.8 Å². The van der Waals surface area contributed by atoms with E-state index in [-0.39, 0.29) is 12.3 Å². The molecule has 3 N–H and O–H groups in total. The Morgan fingerprint density at radius 3 is 2.54 bits per heavy atom. The minimum absolute atomic E-state index is 0.0102. The molecule has 0 aliphatic rings. The van der Waals surface area contributed by atoms with Gasteiger partial charge in [-0.3, -0.25) is 0 Å². The molecule has 26 heavy (non-hydrogen) atoms. The Morgan fingerprint density at radius 1 is 0.962 bits per heavy atom. The van der Waals surface area contributed by atoms with Crippen molar-refractivity contribution in [3.05, 3.63) is 66.2 Å². The number of nitrogens with zero attached hydrogens (tertiary/aromatic N) is 2. The molecule has 0 saturated carbocycles. The number of hydrogen-bond donors (Lipinski definition) is 3. The predicted octanol–water partition coefficient (Wildman–Crippen LogP) is 3.96. The highest BCUT2D eigenvalue weighted by Crippen LogP contribution is 2.25. The number of benzene rings is 2. The normalized spacial score (nSPS) is 10.6. The molecular weight excluding hydrogens is 338 g/mol. The molecule has 0 saturated heterocycles. The molecule has 3 rings (SSSR count). The monoisotopic (exact) mass is 356 g/mol. The molecule has 0 bridgehead atoms. The third-order valence-corrected chi connectivity index (χ3v) is 3.60. The number of halogens is 2. The van der Waals surface area contributed by atoms with Gasteiger partial charge in [0.1, 0.15) is 17.5 Å². The molecule has 1 aromatic heterocycles. The maximum absolute atomic E-state index is 13.9. The molecule has 1 heterocycles. The maximum Gasteiger partial charge on any atom is 0.225 e. The molecule has 3 aromatic rings. The zero-order valence-electron chi connectivity index (χ0n) is 13.9. The Labute approximate surface area is 149 Å². The van der Waals surface area contributed by atoms with Gasteiger partial charge in [0.15, 0.2) is 0 Å². The summed E-state index contributed by atoms with van der Waals surface area (Å²) >= 11 is 0. The molecule has 0 aliphatic carbocycles. The van der Waals surface area contributed by atoms with Crippen LogP contribution in [0.15, 0.2) is 54.6 Å². The lowest BCUT2D eigenvalue weighted by atomic mass is 10.1.